The highest BCUT2D eigenvalue weighted by molar-refractivity contribution is 6.31. The Balaban J connectivity index is 1.65. The van der Waals surface area contributed by atoms with Crippen LogP contribution >= 0.6 is 11.6 Å². The molecule has 0 heterocycles. The van der Waals surface area contributed by atoms with E-state index in [0.29, 0.717) is 0 Å². The number of halogens is 1. The van der Waals surface area contributed by atoms with Crippen molar-refractivity contribution in [2.45, 2.75) is 39.2 Å². The van der Waals surface area contributed by atoms with E-state index in [1.165, 1.54) is 31.2 Å². The van der Waals surface area contributed by atoms with Gasteiger partial charge < -0.3 is 5.32 Å². The Hall–Kier alpha value is -0.530. The quantitative estimate of drug-likeness (QED) is 0.740. The molecule has 0 amide bonds. The summed E-state index contributed by atoms with van der Waals surface area (Å²) in [6, 6.07) is 6.30. The summed E-state index contributed by atoms with van der Waals surface area (Å²) in [6.07, 6.45) is 5.65. The van der Waals surface area contributed by atoms with Crippen molar-refractivity contribution >= 4 is 11.6 Å². The highest BCUT2D eigenvalue weighted by Crippen LogP contribution is 2.33. The molecular weight excluding hydrogens is 218 g/mol. The van der Waals surface area contributed by atoms with E-state index in [-0.39, 0.29) is 0 Å². The second-order valence-electron chi connectivity index (χ2n) is 4.85. The van der Waals surface area contributed by atoms with Gasteiger partial charge in [-0.3, -0.25) is 0 Å². The molecule has 0 saturated heterocycles. The lowest BCUT2D eigenvalue weighted by molar-refractivity contribution is 0.594. The lowest BCUT2D eigenvalue weighted by atomic mass is 10.1. The molecule has 0 spiro atoms. The summed E-state index contributed by atoms with van der Waals surface area (Å²) < 4.78 is 0. The molecule has 1 aromatic carbocycles. The van der Waals surface area contributed by atoms with Crippen molar-refractivity contribution in [2.24, 2.45) is 5.92 Å². The molecule has 0 atom stereocenters. The zero-order valence-corrected chi connectivity index (χ0v) is 10.7. The molecule has 0 aromatic heterocycles. The molecule has 1 aromatic rings. The fourth-order valence-corrected chi connectivity index (χ4v) is 2.10. The first-order valence-corrected chi connectivity index (χ1v) is 6.59. The normalized spacial score (nSPS) is 15.4. The number of nitrogens with one attached hydrogen (secondary N) is 1. The number of hydrogen-bond acceptors (Lipinski definition) is 1. The molecule has 1 aliphatic carbocycles. The van der Waals surface area contributed by atoms with E-state index in [1.54, 1.807) is 0 Å². The van der Waals surface area contributed by atoms with Crippen molar-refractivity contribution < 1.29 is 0 Å². The average Bonchev–Trinajstić information content (AvgIpc) is 3.07. The topological polar surface area (TPSA) is 12.0 Å². The van der Waals surface area contributed by atoms with E-state index in [0.717, 1.165) is 29.6 Å². The van der Waals surface area contributed by atoms with Crippen LogP contribution < -0.4 is 5.32 Å². The molecule has 1 aliphatic rings. The van der Waals surface area contributed by atoms with Gasteiger partial charge in [0.05, 0.1) is 0 Å². The van der Waals surface area contributed by atoms with Gasteiger partial charge in [0.2, 0.25) is 0 Å². The molecule has 0 bridgehead atoms. The van der Waals surface area contributed by atoms with Crippen LogP contribution in [0.2, 0.25) is 5.02 Å². The first kappa shape index (κ1) is 11.9. The lowest BCUT2D eigenvalue weighted by Crippen LogP contribution is -2.14. The van der Waals surface area contributed by atoms with Crippen molar-refractivity contribution in [2.75, 3.05) is 6.54 Å². The molecule has 16 heavy (non-hydrogen) atoms. The van der Waals surface area contributed by atoms with Crippen LogP contribution in [0.25, 0.3) is 0 Å². The summed E-state index contributed by atoms with van der Waals surface area (Å²) in [5, 5.41) is 4.35. The second kappa shape index (κ2) is 5.70. The van der Waals surface area contributed by atoms with Gasteiger partial charge in [-0.25, -0.2) is 0 Å². The van der Waals surface area contributed by atoms with Gasteiger partial charge in [-0.15, -0.1) is 0 Å². The summed E-state index contributed by atoms with van der Waals surface area (Å²) in [5.74, 6) is 1.05. The van der Waals surface area contributed by atoms with Crippen LogP contribution in [0.1, 0.15) is 36.8 Å². The zero-order chi connectivity index (χ0) is 11.4. The molecule has 1 fully saturated rings. The molecule has 2 heteroatoms. The average molecular weight is 238 g/mol. The second-order valence-corrected chi connectivity index (χ2v) is 5.25. The van der Waals surface area contributed by atoms with Crippen molar-refractivity contribution in [3.8, 4) is 0 Å². The van der Waals surface area contributed by atoms with Crippen LogP contribution in [-0.2, 0) is 6.54 Å². The maximum atomic E-state index is 6.08. The van der Waals surface area contributed by atoms with Crippen molar-refractivity contribution in [3.05, 3.63) is 34.3 Å². The summed E-state index contributed by atoms with van der Waals surface area (Å²) in [6.45, 7) is 4.10. The van der Waals surface area contributed by atoms with Crippen LogP contribution in [-0.4, -0.2) is 6.54 Å². The van der Waals surface area contributed by atoms with Gasteiger partial charge in [-0.1, -0.05) is 36.6 Å². The van der Waals surface area contributed by atoms with Gasteiger partial charge in [0.1, 0.15) is 0 Å². The van der Waals surface area contributed by atoms with Gasteiger partial charge in [-0.2, -0.15) is 0 Å². The fraction of sp³-hybridized carbons (Fsp3) is 0.571. The predicted molar refractivity (Wildman–Crippen MR) is 69.9 cm³/mol. The third-order valence-electron chi connectivity index (χ3n) is 3.23. The Morgan fingerprint density at radius 2 is 2.19 bits per heavy atom. The Labute approximate surface area is 103 Å². The number of rotatable bonds is 6. The van der Waals surface area contributed by atoms with E-state index in [1.807, 2.05) is 6.92 Å². The molecule has 0 radical (unpaired) electrons. The first-order chi connectivity index (χ1) is 7.75. The Kier molecular flexibility index (Phi) is 4.25. The Bertz CT molecular complexity index is 345. The van der Waals surface area contributed by atoms with Crippen LogP contribution in [0.15, 0.2) is 18.2 Å². The number of hydrogen-bond donors (Lipinski definition) is 1. The maximum Gasteiger partial charge on any atom is 0.0438 e. The van der Waals surface area contributed by atoms with Gasteiger partial charge in [0.25, 0.3) is 0 Å². The van der Waals surface area contributed by atoms with Crippen LogP contribution in [0.4, 0.5) is 0 Å². The summed E-state index contributed by atoms with van der Waals surface area (Å²) in [7, 11) is 0. The minimum Gasteiger partial charge on any atom is -0.313 e. The standard InChI is InChI=1S/C14H20ClN/c1-11-4-5-13(9-14(11)15)10-16-8-2-3-12-6-7-12/h4-5,9,12,16H,2-3,6-8,10H2,1H3. The van der Waals surface area contributed by atoms with E-state index >= 15 is 0 Å². The van der Waals surface area contributed by atoms with Crippen molar-refractivity contribution in [1.82, 2.24) is 5.32 Å². The van der Waals surface area contributed by atoms with Crippen LogP contribution in [0.5, 0.6) is 0 Å². The van der Waals surface area contributed by atoms with E-state index in [9.17, 15) is 0 Å². The molecular formula is C14H20ClN. The van der Waals surface area contributed by atoms with Crippen LogP contribution in [0, 0.1) is 12.8 Å². The number of aryl methyl sites for hydroxylation is 1. The smallest absolute Gasteiger partial charge is 0.0438 e. The molecule has 0 unspecified atom stereocenters. The molecule has 0 aliphatic heterocycles. The van der Waals surface area contributed by atoms with Gasteiger partial charge in [-0.05, 0) is 49.4 Å². The molecule has 1 nitrogen and oxygen atoms in total. The highest BCUT2D eigenvalue weighted by Gasteiger charge is 2.19. The maximum absolute atomic E-state index is 6.08. The monoisotopic (exact) mass is 237 g/mol. The summed E-state index contributed by atoms with van der Waals surface area (Å²) in [5.41, 5.74) is 2.43. The fourth-order valence-electron chi connectivity index (χ4n) is 1.90. The van der Waals surface area contributed by atoms with Crippen molar-refractivity contribution in [1.29, 1.82) is 0 Å². The Morgan fingerprint density at radius 1 is 1.38 bits per heavy atom. The Morgan fingerprint density at radius 3 is 2.88 bits per heavy atom. The van der Waals surface area contributed by atoms with Gasteiger partial charge in [0.15, 0.2) is 0 Å². The van der Waals surface area contributed by atoms with Gasteiger partial charge in [0, 0.05) is 11.6 Å². The minimum atomic E-state index is 0.872. The highest BCUT2D eigenvalue weighted by atomic mass is 35.5. The van der Waals surface area contributed by atoms with E-state index < -0.39 is 0 Å². The number of benzene rings is 1. The van der Waals surface area contributed by atoms with Crippen molar-refractivity contribution in [3.63, 3.8) is 0 Å². The minimum absolute atomic E-state index is 0.872. The zero-order valence-electron chi connectivity index (χ0n) is 9.93. The van der Waals surface area contributed by atoms with E-state index in [4.69, 9.17) is 11.6 Å². The molecule has 1 N–H and O–H groups in total. The van der Waals surface area contributed by atoms with Crippen LogP contribution in [0.3, 0.4) is 0 Å². The molecule has 2 rings (SSSR count). The first-order valence-electron chi connectivity index (χ1n) is 6.21. The molecule has 88 valence electrons. The predicted octanol–water partition coefficient (Wildman–Crippen LogP) is 3.93. The summed E-state index contributed by atoms with van der Waals surface area (Å²) in [4.78, 5) is 0. The lowest BCUT2D eigenvalue weighted by Gasteiger charge is -2.06. The van der Waals surface area contributed by atoms with Gasteiger partial charge >= 0.3 is 0 Å². The molecule has 1 saturated carbocycles. The largest absolute Gasteiger partial charge is 0.313 e. The third kappa shape index (κ3) is 3.80. The summed E-state index contributed by atoms with van der Waals surface area (Å²) >= 11 is 6.08. The SMILES string of the molecule is Cc1ccc(CNCCCC2CC2)cc1Cl. The third-order valence-corrected chi connectivity index (χ3v) is 3.64. The van der Waals surface area contributed by atoms with E-state index in [2.05, 4.69) is 23.5 Å².